The van der Waals surface area contributed by atoms with Gasteiger partial charge in [-0.15, -0.1) is 0 Å². The van der Waals surface area contributed by atoms with Gasteiger partial charge in [0, 0.05) is 15.6 Å². The number of hydrogen-bond donors (Lipinski definition) is 0. The van der Waals surface area contributed by atoms with Crippen molar-refractivity contribution in [1.29, 1.82) is 0 Å². The lowest BCUT2D eigenvalue weighted by Crippen LogP contribution is -2.07. The van der Waals surface area contributed by atoms with Crippen LogP contribution in [0.2, 0.25) is 10.0 Å². The molecule has 4 nitrogen and oxygen atoms in total. The lowest BCUT2D eigenvalue weighted by Gasteiger charge is -2.12. The largest absolute Gasteiger partial charge is 0.490 e. The van der Waals surface area contributed by atoms with Crippen molar-refractivity contribution in [3.8, 4) is 11.5 Å². The Hall–Kier alpha value is -1.91. The van der Waals surface area contributed by atoms with Gasteiger partial charge in [-0.1, -0.05) is 29.3 Å². The molecule has 0 aromatic heterocycles. The van der Waals surface area contributed by atoms with Gasteiger partial charge in [-0.2, -0.15) is 0 Å². The molecule has 0 fully saturated rings. The van der Waals surface area contributed by atoms with Crippen LogP contribution in [-0.4, -0.2) is 19.2 Å². The third-order valence-electron chi connectivity index (χ3n) is 3.19. The van der Waals surface area contributed by atoms with E-state index in [9.17, 15) is 4.79 Å². The lowest BCUT2D eigenvalue weighted by molar-refractivity contribution is 0.0472. The quantitative estimate of drug-likeness (QED) is 0.634. The maximum absolute atomic E-state index is 12.3. The standard InChI is InChI=1S/C18H18Cl2O4/c1-3-22-16-9-8-12(10-17(16)23-4-2)18(21)24-11-13-14(19)6-5-7-15(13)20/h5-10H,3-4,11H2,1-2H3. The van der Waals surface area contributed by atoms with Crippen LogP contribution in [0.5, 0.6) is 11.5 Å². The van der Waals surface area contributed by atoms with Crippen molar-refractivity contribution in [2.75, 3.05) is 13.2 Å². The van der Waals surface area contributed by atoms with Crippen LogP contribution in [0.1, 0.15) is 29.8 Å². The normalized spacial score (nSPS) is 10.3. The molecule has 0 unspecified atom stereocenters. The molecule has 0 radical (unpaired) electrons. The highest BCUT2D eigenvalue weighted by atomic mass is 35.5. The summed E-state index contributed by atoms with van der Waals surface area (Å²) in [5.41, 5.74) is 0.940. The number of carbonyl (C=O) groups is 1. The highest BCUT2D eigenvalue weighted by Gasteiger charge is 2.14. The number of halogens is 2. The molecule has 0 atom stereocenters. The second kappa shape index (κ2) is 8.81. The van der Waals surface area contributed by atoms with E-state index in [0.29, 0.717) is 45.9 Å². The average Bonchev–Trinajstić information content (AvgIpc) is 2.56. The van der Waals surface area contributed by atoms with Crippen LogP contribution in [0, 0.1) is 0 Å². The van der Waals surface area contributed by atoms with E-state index in [1.54, 1.807) is 36.4 Å². The first-order valence-corrected chi connectivity index (χ1v) is 8.32. The van der Waals surface area contributed by atoms with Crippen LogP contribution < -0.4 is 9.47 Å². The molecule has 0 amide bonds. The summed E-state index contributed by atoms with van der Waals surface area (Å²) in [6, 6.07) is 10.0. The molecule has 0 aliphatic carbocycles. The van der Waals surface area contributed by atoms with E-state index in [2.05, 4.69) is 0 Å². The average molecular weight is 369 g/mol. The fourth-order valence-electron chi connectivity index (χ4n) is 2.07. The number of hydrogen-bond acceptors (Lipinski definition) is 4. The molecule has 6 heteroatoms. The second-order valence-electron chi connectivity index (χ2n) is 4.80. The number of benzene rings is 2. The predicted molar refractivity (Wildman–Crippen MR) is 94.4 cm³/mol. The van der Waals surface area contributed by atoms with Gasteiger partial charge >= 0.3 is 5.97 Å². The molecule has 0 spiro atoms. The van der Waals surface area contributed by atoms with Gasteiger partial charge in [-0.05, 0) is 44.2 Å². The number of carbonyl (C=O) groups excluding carboxylic acids is 1. The summed E-state index contributed by atoms with van der Waals surface area (Å²) in [4.78, 5) is 12.3. The van der Waals surface area contributed by atoms with Crippen LogP contribution in [0.3, 0.4) is 0 Å². The van der Waals surface area contributed by atoms with E-state index in [1.165, 1.54) is 0 Å². The molecule has 24 heavy (non-hydrogen) atoms. The maximum Gasteiger partial charge on any atom is 0.338 e. The molecule has 0 bridgehead atoms. The van der Waals surface area contributed by atoms with Gasteiger partial charge in [0.2, 0.25) is 0 Å². The second-order valence-corrected chi connectivity index (χ2v) is 5.62. The zero-order chi connectivity index (χ0) is 17.5. The van der Waals surface area contributed by atoms with Crippen LogP contribution in [0.15, 0.2) is 36.4 Å². The Morgan fingerprint density at radius 1 is 0.958 bits per heavy atom. The van der Waals surface area contributed by atoms with Gasteiger partial charge in [0.25, 0.3) is 0 Å². The minimum Gasteiger partial charge on any atom is -0.490 e. The SMILES string of the molecule is CCOc1ccc(C(=O)OCc2c(Cl)cccc2Cl)cc1OCC. The lowest BCUT2D eigenvalue weighted by atomic mass is 10.2. The fourth-order valence-corrected chi connectivity index (χ4v) is 2.58. The van der Waals surface area contributed by atoms with Crippen molar-refractivity contribution in [3.63, 3.8) is 0 Å². The molecular formula is C18H18Cl2O4. The van der Waals surface area contributed by atoms with E-state index >= 15 is 0 Å². The molecule has 0 heterocycles. The maximum atomic E-state index is 12.3. The Bertz CT molecular complexity index is 696. The summed E-state index contributed by atoms with van der Waals surface area (Å²) < 4.78 is 16.3. The molecule has 2 rings (SSSR count). The third kappa shape index (κ3) is 4.56. The molecule has 0 aliphatic heterocycles. The first kappa shape index (κ1) is 18.4. The molecule has 0 saturated heterocycles. The minimum atomic E-state index is -0.491. The highest BCUT2D eigenvalue weighted by Crippen LogP contribution is 2.29. The van der Waals surface area contributed by atoms with Crippen LogP contribution in [-0.2, 0) is 11.3 Å². The van der Waals surface area contributed by atoms with Crippen molar-refractivity contribution in [3.05, 3.63) is 57.6 Å². The van der Waals surface area contributed by atoms with Crippen molar-refractivity contribution in [2.24, 2.45) is 0 Å². The van der Waals surface area contributed by atoms with Crippen LogP contribution in [0.25, 0.3) is 0 Å². The Labute approximate surface area is 151 Å². The van der Waals surface area contributed by atoms with E-state index < -0.39 is 5.97 Å². The van der Waals surface area contributed by atoms with E-state index in [-0.39, 0.29) is 6.61 Å². The summed E-state index contributed by atoms with van der Waals surface area (Å²) in [5, 5.41) is 0.911. The van der Waals surface area contributed by atoms with Crippen molar-refractivity contribution >= 4 is 29.2 Å². The predicted octanol–water partition coefficient (Wildman–Crippen LogP) is 5.15. The van der Waals surface area contributed by atoms with Gasteiger partial charge in [-0.25, -0.2) is 4.79 Å². The van der Waals surface area contributed by atoms with Crippen molar-refractivity contribution in [2.45, 2.75) is 20.5 Å². The zero-order valence-corrected chi connectivity index (χ0v) is 15.0. The van der Waals surface area contributed by atoms with Crippen molar-refractivity contribution < 1.29 is 19.0 Å². The first-order chi connectivity index (χ1) is 11.6. The topological polar surface area (TPSA) is 44.8 Å². The first-order valence-electron chi connectivity index (χ1n) is 7.56. The molecule has 0 saturated carbocycles. The minimum absolute atomic E-state index is 0.00544. The summed E-state index contributed by atoms with van der Waals surface area (Å²) in [7, 11) is 0. The van der Waals surface area contributed by atoms with E-state index in [4.69, 9.17) is 37.4 Å². The number of ether oxygens (including phenoxy) is 3. The van der Waals surface area contributed by atoms with Gasteiger partial charge in [0.15, 0.2) is 11.5 Å². The molecule has 128 valence electrons. The van der Waals surface area contributed by atoms with Gasteiger partial charge in [-0.3, -0.25) is 0 Å². The summed E-state index contributed by atoms with van der Waals surface area (Å²) in [6.45, 7) is 4.71. The van der Waals surface area contributed by atoms with E-state index in [1.807, 2.05) is 13.8 Å². The Morgan fingerprint density at radius 3 is 2.21 bits per heavy atom. The molecule has 0 aliphatic rings. The smallest absolute Gasteiger partial charge is 0.338 e. The van der Waals surface area contributed by atoms with Gasteiger partial charge in [0.05, 0.1) is 18.8 Å². The van der Waals surface area contributed by atoms with Crippen LogP contribution >= 0.6 is 23.2 Å². The third-order valence-corrected chi connectivity index (χ3v) is 3.90. The van der Waals surface area contributed by atoms with Crippen molar-refractivity contribution in [1.82, 2.24) is 0 Å². The summed E-state index contributed by atoms with van der Waals surface area (Å²) in [6.07, 6.45) is 0. The number of rotatable bonds is 7. The summed E-state index contributed by atoms with van der Waals surface area (Å²) >= 11 is 12.1. The zero-order valence-electron chi connectivity index (χ0n) is 13.5. The van der Waals surface area contributed by atoms with Gasteiger partial charge < -0.3 is 14.2 Å². The molecule has 2 aromatic rings. The highest BCUT2D eigenvalue weighted by molar-refractivity contribution is 6.35. The fraction of sp³-hybridized carbons (Fsp3) is 0.278. The van der Waals surface area contributed by atoms with Crippen LogP contribution in [0.4, 0.5) is 0 Å². The monoisotopic (exact) mass is 368 g/mol. The van der Waals surface area contributed by atoms with E-state index in [0.717, 1.165) is 0 Å². The Morgan fingerprint density at radius 2 is 1.58 bits per heavy atom. The molecule has 2 aromatic carbocycles. The van der Waals surface area contributed by atoms with Gasteiger partial charge in [0.1, 0.15) is 6.61 Å². The number of esters is 1. The Balaban J connectivity index is 2.13. The molecule has 0 N–H and O–H groups in total. The molecular weight excluding hydrogens is 351 g/mol. The Kier molecular flexibility index (Phi) is 6.76. The summed E-state index contributed by atoms with van der Waals surface area (Å²) in [5.74, 6) is 0.601.